The molecule has 6 nitrogen and oxygen atoms in total. The molecule has 0 fully saturated rings. The number of aliphatic carboxylic acids is 1. The third-order valence-corrected chi connectivity index (χ3v) is 4.51. The smallest absolute Gasteiger partial charge is 0.326 e. The van der Waals surface area contributed by atoms with Gasteiger partial charge in [-0.15, -0.1) is 0 Å². The summed E-state index contributed by atoms with van der Waals surface area (Å²) in [6.45, 7) is 4.59. The molecule has 0 aliphatic carbocycles. The Kier molecular flexibility index (Phi) is 6.64. The van der Waals surface area contributed by atoms with Crippen molar-refractivity contribution in [2.75, 3.05) is 12.0 Å². The van der Waals surface area contributed by atoms with Gasteiger partial charge in [-0.1, -0.05) is 12.1 Å². The Hall–Kier alpha value is -2.28. The van der Waals surface area contributed by atoms with Gasteiger partial charge in [-0.05, 0) is 56.0 Å². The van der Waals surface area contributed by atoms with Crippen LogP contribution in [0.2, 0.25) is 0 Å². The lowest BCUT2D eigenvalue weighted by Gasteiger charge is -2.14. The number of carbonyl (C=O) groups is 2. The summed E-state index contributed by atoms with van der Waals surface area (Å²) in [5.74, 6) is -0.701. The van der Waals surface area contributed by atoms with Gasteiger partial charge in [0.2, 0.25) is 0 Å². The maximum atomic E-state index is 12.3. The van der Waals surface area contributed by atoms with Crippen molar-refractivity contribution in [3.05, 3.63) is 52.8 Å². The number of carboxylic acid groups (broad SMARTS) is 1. The summed E-state index contributed by atoms with van der Waals surface area (Å²) < 4.78 is 1.91. The second-order valence-corrected chi connectivity index (χ2v) is 6.91. The van der Waals surface area contributed by atoms with Gasteiger partial charge in [-0.3, -0.25) is 9.48 Å². The van der Waals surface area contributed by atoms with E-state index in [-0.39, 0.29) is 5.91 Å². The van der Waals surface area contributed by atoms with Crippen LogP contribution in [0.3, 0.4) is 0 Å². The minimum absolute atomic E-state index is 0.369. The van der Waals surface area contributed by atoms with Crippen molar-refractivity contribution in [3.8, 4) is 0 Å². The zero-order valence-electron chi connectivity index (χ0n) is 14.7. The largest absolute Gasteiger partial charge is 0.480 e. The molecule has 0 saturated heterocycles. The van der Waals surface area contributed by atoms with E-state index in [0.29, 0.717) is 24.3 Å². The number of thioether (sulfide) groups is 1. The highest BCUT2D eigenvalue weighted by molar-refractivity contribution is 7.98. The van der Waals surface area contributed by atoms with Crippen LogP contribution in [0.5, 0.6) is 0 Å². The van der Waals surface area contributed by atoms with Crippen molar-refractivity contribution in [1.29, 1.82) is 0 Å². The van der Waals surface area contributed by atoms with Crippen molar-refractivity contribution >= 4 is 23.6 Å². The van der Waals surface area contributed by atoms with Crippen molar-refractivity contribution in [3.63, 3.8) is 0 Å². The predicted molar refractivity (Wildman–Crippen MR) is 99.1 cm³/mol. The average molecular weight is 361 g/mol. The molecule has 0 radical (unpaired) electrons. The summed E-state index contributed by atoms with van der Waals surface area (Å²) in [7, 11) is 0. The molecule has 7 heteroatoms. The van der Waals surface area contributed by atoms with Crippen molar-refractivity contribution < 1.29 is 14.7 Å². The van der Waals surface area contributed by atoms with Crippen LogP contribution in [0.1, 0.15) is 33.7 Å². The van der Waals surface area contributed by atoms with E-state index in [1.54, 1.807) is 23.9 Å². The molecule has 1 aromatic heterocycles. The van der Waals surface area contributed by atoms with E-state index in [0.717, 1.165) is 17.0 Å². The van der Waals surface area contributed by atoms with E-state index < -0.39 is 12.0 Å². The summed E-state index contributed by atoms with van der Waals surface area (Å²) in [5, 5.41) is 16.2. The first kappa shape index (κ1) is 19.1. The number of rotatable bonds is 8. The number of hydrogen-bond donors (Lipinski definition) is 2. The highest BCUT2D eigenvalue weighted by Gasteiger charge is 2.20. The SMILES string of the molecule is CSCCC(NC(=O)c1ccc(Cn2nc(C)cc2C)cc1)C(=O)O. The maximum Gasteiger partial charge on any atom is 0.326 e. The number of aromatic nitrogens is 2. The number of carbonyl (C=O) groups excluding carboxylic acids is 1. The Morgan fingerprint density at radius 3 is 2.48 bits per heavy atom. The molecule has 0 bridgehead atoms. The lowest BCUT2D eigenvalue weighted by atomic mass is 10.1. The second kappa shape index (κ2) is 8.71. The lowest BCUT2D eigenvalue weighted by molar-refractivity contribution is -0.139. The molecular weight excluding hydrogens is 338 g/mol. The molecule has 0 spiro atoms. The first-order valence-corrected chi connectivity index (χ1v) is 9.42. The Balaban J connectivity index is 2.01. The molecule has 1 atom stereocenters. The molecule has 1 aromatic carbocycles. The molecule has 25 heavy (non-hydrogen) atoms. The quantitative estimate of drug-likeness (QED) is 0.755. The van der Waals surface area contributed by atoms with Crippen molar-refractivity contribution in [1.82, 2.24) is 15.1 Å². The van der Waals surface area contributed by atoms with Gasteiger partial charge in [0.05, 0.1) is 12.2 Å². The van der Waals surface area contributed by atoms with Gasteiger partial charge in [-0.25, -0.2) is 4.79 Å². The normalized spacial score (nSPS) is 12.0. The fourth-order valence-corrected chi connectivity index (χ4v) is 2.98. The van der Waals surface area contributed by atoms with Crippen LogP contribution in [0, 0.1) is 13.8 Å². The number of aryl methyl sites for hydroxylation is 2. The summed E-state index contributed by atoms with van der Waals surface area (Å²) in [6.07, 6.45) is 2.31. The third kappa shape index (κ3) is 5.35. The highest BCUT2D eigenvalue weighted by Crippen LogP contribution is 2.10. The van der Waals surface area contributed by atoms with Crippen LogP contribution in [0.4, 0.5) is 0 Å². The fourth-order valence-electron chi connectivity index (χ4n) is 2.50. The molecule has 0 aliphatic heterocycles. The minimum atomic E-state index is -1.01. The molecule has 2 rings (SSSR count). The van der Waals surface area contributed by atoms with Crippen LogP contribution < -0.4 is 5.32 Å². The van der Waals surface area contributed by atoms with Crippen molar-refractivity contribution in [2.24, 2.45) is 0 Å². The number of nitrogens with one attached hydrogen (secondary N) is 1. The van der Waals surface area contributed by atoms with Gasteiger partial charge in [0.25, 0.3) is 5.91 Å². The standard InChI is InChI=1S/C18H23N3O3S/c1-12-10-13(2)21(20-12)11-14-4-6-15(7-5-14)17(22)19-16(18(23)24)8-9-25-3/h4-7,10,16H,8-9,11H2,1-3H3,(H,19,22)(H,23,24). The maximum absolute atomic E-state index is 12.3. The van der Waals surface area contributed by atoms with Gasteiger partial charge in [0.1, 0.15) is 6.04 Å². The number of carboxylic acids is 1. The molecule has 2 aromatic rings. The molecule has 0 saturated carbocycles. The molecule has 1 unspecified atom stereocenters. The first-order chi connectivity index (χ1) is 11.9. The van der Waals surface area contributed by atoms with E-state index in [1.807, 2.05) is 43.0 Å². The molecule has 1 amide bonds. The van der Waals surface area contributed by atoms with E-state index in [2.05, 4.69) is 10.4 Å². The van der Waals surface area contributed by atoms with Gasteiger partial charge in [0, 0.05) is 11.3 Å². The zero-order valence-corrected chi connectivity index (χ0v) is 15.5. The molecule has 1 heterocycles. The number of amides is 1. The highest BCUT2D eigenvalue weighted by atomic mass is 32.2. The van der Waals surface area contributed by atoms with Crippen LogP contribution in [-0.2, 0) is 11.3 Å². The molecule has 2 N–H and O–H groups in total. The van der Waals surface area contributed by atoms with E-state index in [9.17, 15) is 14.7 Å². The Morgan fingerprint density at radius 2 is 1.96 bits per heavy atom. The number of benzene rings is 1. The van der Waals surface area contributed by atoms with Gasteiger partial charge >= 0.3 is 5.97 Å². The first-order valence-electron chi connectivity index (χ1n) is 8.03. The van der Waals surface area contributed by atoms with E-state index in [4.69, 9.17) is 0 Å². The zero-order chi connectivity index (χ0) is 18.4. The van der Waals surface area contributed by atoms with Crippen LogP contribution >= 0.6 is 11.8 Å². The third-order valence-electron chi connectivity index (χ3n) is 3.87. The van der Waals surface area contributed by atoms with Crippen molar-refractivity contribution in [2.45, 2.75) is 32.9 Å². The topological polar surface area (TPSA) is 84.2 Å². The second-order valence-electron chi connectivity index (χ2n) is 5.93. The monoisotopic (exact) mass is 361 g/mol. The van der Waals surface area contributed by atoms with Crippen LogP contribution in [0.15, 0.2) is 30.3 Å². The summed E-state index contributed by atoms with van der Waals surface area (Å²) in [6, 6.07) is 8.30. The van der Waals surface area contributed by atoms with Crippen LogP contribution in [0.25, 0.3) is 0 Å². The Morgan fingerprint density at radius 1 is 1.28 bits per heavy atom. The number of nitrogens with zero attached hydrogens (tertiary/aromatic N) is 2. The van der Waals surface area contributed by atoms with E-state index >= 15 is 0 Å². The average Bonchev–Trinajstić information content (AvgIpc) is 2.89. The minimum Gasteiger partial charge on any atom is -0.480 e. The molecule has 134 valence electrons. The number of hydrogen-bond acceptors (Lipinski definition) is 4. The van der Waals surface area contributed by atoms with Gasteiger partial charge in [-0.2, -0.15) is 16.9 Å². The van der Waals surface area contributed by atoms with Crippen LogP contribution in [-0.4, -0.2) is 44.8 Å². The fraction of sp³-hybridized carbons (Fsp3) is 0.389. The predicted octanol–water partition coefficient (Wildman–Crippen LogP) is 2.48. The Labute approximate surface area is 151 Å². The summed E-state index contributed by atoms with van der Waals surface area (Å²) in [5.41, 5.74) is 3.53. The summed E-state index contributed by atoms with van der Waals surface area (Å²) >= 11 is 1.55. The molecule has 0 aliphatic rings. The lowest BCUT2D eigenvalue weighted by Crippen LogP contribution is -2.41. The van der Waals surface area contributed by atoms with Gasteiger partial charge in [0.15, 0.2) is 0 Å². The summed E-state index contributed by atoms with van der Waals surface area (Å²) in [4.78, 5) is 23.5. The van der Waals surface area contributed by atoms with E-state index in [1.165, 1.54) is 0 Å². The Bertz CT molecular complexity index is 741. The molecular formula is C18H23N3O3S. The van der Waals surface area contributed by atoms with Gasteiger partial charge < -0.3 is 10.4 Å².